The number of hydrogen-bond donors (Lipinski definition) is 1. The fraction of sp³-hybridized carbons (Fsp3) is 0.0588. The van der Waals surface area contributed by atoms with Crippen molar-refractivity contribution >= 4 is 11.6 Å². The summed E-state index contributed by atoms with van der Waals surface area (Å²) >= 11 is 0. The van der Waals surface area contributed by atoms with E-state index < -0.39 is 0 Å². The topological polar surface area (TPSA) is 56.2 Å². The molecule has 1 N–H and O–H groups in total. The van der Waals surface area contributed by atoms with Crippen molar-refractivity contribution in [2.24, 2.45) is 0 Å². The summed E-state index contributed by atoms with van der Waals surface area (Å²) in [5.74, 6) is 0.0450. The van der Waals surface area contributed by atoms with E-state index in [1.807, 2.05) is 28.8 Å². The minimum atomic E-state index is -0.354. The molecule has 1 aliphatic rings. The van der Waals surface area contributed by atoms with Gasteiger partial charge in [-0.2, -0.15) is 0 Å². The van der Waals surface area contributed by atoms with Crippen LogP contribution in [-0.4, -0.2) is 15.5 Å². The Bertz CT molecular complexity index is 887. The van der Waals surface area contributed by atoms with Gasteiger partial charge in [-0.15, -0.1) is 0 Å². The average molecular weight is 309 g/mol. The molecular formula is C17H12FN3O2. The Morgan fingerprint density at radius 3 is 2.78 bits per heavy atom. The third-order valence-corrected chi connectivity index (χ3v) is 3.67. The number of rotatable bonds is 2. The van der Waals surface area contributed by atoms with Crippen LogP contribution in [0.5, 0.6) is 5.75 Å². The van der Waals surface area contributed by atoms with Crippen LogP contribution in [0.25, 0.3) is 5.69 Å². The van der Waals surface area contributed by atoms with E-state index in [2.05, 4.69) is 10.3 Å². The highest BCUT2D eigenvalue weighted by Gasteiger charge is 2.24. The normalized spacial score (nSPS) is 12.0. The Balaban J connectivity index is 1.65. The van der Waals surface area contributed by atoms with Crippen molar-refractivity contribution in [3.05, 3.63) is 72.1 Å². The number of nitrogens with zero attached hydrogens (tertiary/aromatic N) is 2. The molecule has 2 heterocycles. The lowest BCUT2D eigenvalue weighted by molar-refractivity contribution is 0.101. The molecule has 2 aromatic carbocycles. The molecule has 3 aromatic rings. The van der Waals surface area contributed by atoms with Gasteiger partial charge in [0, 0.05) is 5.69 Å². The lowest BCUT2D eigenvalue weighted by atomic mass is 10.2. The monoisotopic (exact) mass is 309 g/mol. The van der Waals surface area contributed by atoms with Crippen molar-refractivity contribution in [2.45, 2.75) is 6.61 Å². The Labute approximate surface area is 131 Å². The lowest BCUT2D eigenvalue weighted by Gasteiger charge is -2.20. The maximum atomic E-state index is 12.9. The van der Waals surface area contributed by atoms with Crippen LogP contribution in [0.3, 0.4) is 0 Å². The highest BCUT2D eigenvalue weighted by atomic mass is 19.1. The predicted molar refractivity (Wildman–Crippen MR) is 82.2 cm³/mol. The molecule has 0 saturated carbocycles. The molecule has 0 bridgehead atoms. The van der Waals surface area contributed by atoms with E-state index in [9.17, 15) is 9.18 Å². The molecule has 0 saturated heterocycles. The zero-order valence-electron chi connectivity index (χ0n) is 12.0. The van der Waals surface area contributed by atoms with E-state index in [1.54, 1.807) is 6.33 Å². The molecule has 0 radical (unpaired) electrons. The lowest BCUT2D eigenvalue weighted by Crippen LogP contribution is -2.19. The number of ether oxygens (including phenoxy) is 1. The van der Waals surface area contributed by atoms with E-state index in [1.165, 1.54) is 24.3 Å². The zero-order chi connectivity index (χ0) is 15.8. The van der Waals surface area contributed by atoms with Gasteiger partial charge >= 0.3 is 0 Å². The maximum Gasteiger partial charge on any atom is 0.276 e. The first-order valence-corrected chi connectivity index (χ1v) is 7.08. The predicted octanol–water partition coefficient (Wildman–Crippen LogP) is 3.16. The molecule has 23 heavy (non-hydrogen) atoms. The third-order valence-electron chi connectivity index (χ3n) is 3.67. The number of imidazole rings is 1. The summed E-state index contributed by atoms with van der Waals surface area (Å²) in [6, 6.07) is 13.1. The SMILES string of the molecule is O=C(Nc1ccc(F)cc1)c1ncn2c1COc1ccccc1-2. The van der Waals surface area contributed by atoms with Gasteiger partial charge in [-0.3, -0.25) is 9.36 Å². The van der Waals surface area contributed by atoms with E-state index in [0.29, 0.717) is 17.1 Å². The number of halogens is 1. The number of carbonyl (C=O) groups is 1. The fourth-order valence-corrected chi connectivity index (χ4v) is 2.56. The van der Waals surface area contributed by atoms with Crippen molar-refractivity contribution in [1.29, 1.82) is 0 Å². The molecule has 114 valence electrons. The molecular weight excluding hydrogens is 297 g/mol. The third kappa shape index (κ3) is 2.34. The van der Waals surface area contributed by atoms with E-state index in [-0.39, 0.29) is 18.3 Å². The molecule has 5 nitrogen and oxygen atoms in total. The van der Waals surface area contributed by atoms with Gasteiger partial charge in [0.1, 0.15) is 24.5 Å². The van der Waals surface area contributed by atoms with Gasteiger partial charge in [0.25, 0.3) is 5.91 Å². The van der Waals surface area contributed by atoms with Gasteiger partial charge in [-0.05, 0) is 36.4 Å². The van der Waals surface area contributed by atoms with Crippen molar-refractivity contribution in [3.63, 3.8) is 0 Å². The molecule has 0 spiro atoms. The van der Waals surface area contributed by atoms with Crippen LogP contribution in [0.1, 0.15) is 16.2 Å². The van der Waals surface area contributed by atoms with Gasteiger partial charge in [0.2, 0.25) is 0 Å². The summed E-state index contributed by atoms with van der Waals surface area (Å²) in [6.07, 6.45) is 1.61. The standard InChI is InChI=1S/C17H12FN3O2/c18-11-5-7-12(8-6-11)20-17(22)16-14-9-23-15-4-2-1-3-13(15)21(14)10-19-16/h1-8,10H,9H2,(H,20,22). The first-order chi connectivity index (χ1) is 11.2. The highest BCUT2D eigenvalue weighted by molar-refractivity contribution is 6.03. The van der Waals surface area contributed by atoms with Crippen LogP contribution in [0.15, 0.2) is 54.9 Å². The Kier molecular flexibility index (Phi) is 3.08. The van der Waals surface area contributed by atoms with Crippen LogP contribution in [-0.2, 0) is 6.61 Å². The second-order valence-electron chi connectivity index (χ2n) is 5.13. The molecule has 4 rings (SSSR count). The number of carbonyl (C=O) groups excluding carboxylic acids is 1. The van der Waals surface area contributed by atoms with Crippen LogP contribution >= 0.6 is 0 Å². The second-order valence-corrected chi connectivity index (χ2v) is 5.13. The quantitative estimate of drug-likeness (QED) is 0.791. The van der Waals surface area contributed by atoms with E-state index in [4.69, 9.17) is 4.74 Å². The minimum absolute atomic E-state index is 0.267. The van der Waals surface area contributed by atoms with Crippen molar-refractivity contribution < 1.29 is 13.9 Å². The number of para-hydroxylation sites is 2. The van der Waals surface area contributed by atoms with Gasteiger partial charge < -0.3 is 10.1 Å². The summed E-state index contributed by atoms with van der Waals surface area (Å²) < 4.78 is 20.4. The van der Waals surface area contributed by atoms with Crippen LogP contribution in [0.2, 0.25) is 0 Å². The number of aromatic nitrogens is 2. The number of hydrogen-bond acceptors (Lipinski definition) is 3. The van der Waals surface area contributed by atoms with Gasteiger partial charge in [0.05, 0.1) is 11.4 Å². The smallest absolute Gasteiger partial charge is 0.276 e. The van der Waals surface area contributed by atoms with Gasteiger partial charge in [0.15, 0.2) is 5.69 Å². The molecule has 1 amide bonds. The Morgan fingerprint density at radius 1 is 1.17 bits per heavy atom. The number of anilines is 1. The Morgan fingerprint density at radius 2 is 1.96 bits per heavy atom. The zero-order valence-corrected chi connectivity index (χ0v) is 12.0. The van der Waals surface area contributed by atoms with Crippen LogP contribution < -0.4 is 10.1 Å². The highest BCUT2D eigenvalue weighted by Crippen LogP contribution is 2.30. The van der Waals surface area contributed by atoms with Crippen molar-refractivity contribution in [1.82, 2.24) is 9.55 Å². The molecule has 0 aliphatic carbocycles. The number of benzene rings is 2. The molecule has 0 fully saturated rings. The van der Waals surface area contributed by atoms with Gasteiger partial charge in [-0.25, -0.2) is 9.37 Å². The number of amides is 1. The molecule has 1 aromatic heterocycles. The molecule has 0 atom stereocenters. The maximum absolute atomic E-state index is 12.9. The Hall–Kier alpha value is -3.15. The van der Waals surface area contributed by atoms with Crippen LogP contribution in [0, 0.1) is 5.82 Å². The summed E-state index contributed by atoms with van der Waals surface area (Å²) in [4.78, 5) is 16.6. The van der Waals surface area contributed by atoms with Crippen molar-refractivity contribution in [2.75, 3.05) is 5.32 Å². The van der Waals surface area contributed by atoms with E-state index >= 15 is 0 Å². The van der Waals surface area contributed by atoms with E-state index in [0.717, 1.165) is 11.4 Å². The molecule has 6 heteroatoms. The molecule has 1 aliphatic heterocycles. The summed E-state index contributed by atoms with van der Waals surface area (Å²) in [5, 5.41) is 2.71. The summed E-state index contributed by atoms with van der Waals surface area (Å²) in [7, 11) is 0. The number of nitrogens with one attached hydrogen (secondary N) is 1. The fourth-order valence-electron chi connectivity index (χ4n) is 2.56. The minimum Gasteiger partial charge on any atom is -0.485 e. The summed E-state index contributed by atoms with van der Waals surface area (Å²) in [5.41, 5.74) is 2.34. The van der Waals surface area contributed by atoms with Gasteiger partial charge in [-0.1, -0.05) is 12.1 Å². The largest absolute Gasteiger partial charge is 0.485 e. The number of fused-ring (bicyclic) bond motifs is 3. The summed E-state index contributed by atoms with van der Waals surface area (Å²) in [6.45, 7) is 0.267. The first-order valence-electron chi connectivity index (χ1n) is 7.08. The first kappa shape index (κ1) is 13.5. The van der Waals surface area contributed by atoms with Crippen molar-refractivity contribution in [3.8, 4) is 11.4 Å². The van der Waals surface area contributed by atoms with Crippen LogP contribution in [0.4, 0.5) is 10.1 Å². The average Bonchev–Trinajstić information content (AvgIpc) is 3.01. The second kappa shape index (κ2) is 5.24. The molecule has 0 unspecified atom stereocenters.